The number of nitrogens with zero attached hydrogens (tertiary/aromatic N) is 2. The third-order valence-electron chi connectivity index (χ3n) is 4.66. The first-order valence-corrected chi connectivity index (χ1v) is 8.51. The summed E-state index contributed by atoms with van der Waals surface area (Å²) in [5.41, 5.74) is 0. The van der Waals surface area contributed by atoms with Crippen molar-refractivity contribution in [3.8, 4) is 0 Å². The van der Waals surface area contributed by atoms with E-state index in [-0.39, 0.29) is 0 Å². The zero-order valence-electron chi connectivity index (χ0n) is 13.2. The SMILES string of the molecule is CCCNC(CCC)Cc1nc(C2CC3CCC2O3)no1. The minimum Gasteiger partial charge on any atom is -0.374 e. The smallest absolute Gasteiger partial charge is 0.228 e. The van der Waals surface area contributed by atoms with Crippen LogP contribution in [0.5, 0.6) is 0 Å². The average Bonchev–Trinajstić information content (AvgIpc) is 3.20. The second-order valence-corrected chi connectivity index (χ2v) is 6.41. The summed E-state index contributed by atoms with van der Waals surface area (Å²) in [6.45, 7) is 5.45. The molecular formula is C16H27N3O2. The van der Waals surface area contributed by atoms with Crippen LogP contribution in [0.3, 0.4) is 0 Å². The second-order valence-electron chi connectivity index (χ2n) is 6.41. The Balaban J connectivity index is 1.58. The predicted octanol–water partition coefficient (Wildman–Crippen LogP) is 2.82. The fourth-order valence-corrected chi connectivity index (χ4v) is 3.60. The van der Waals surface area contributed by atoms with Crippen molar-refractivity contribution >= 4 is 0 Å². The number of hydrogen-bond acceptors (Lipinski definition) is 5. The van der Waals surface area contributed by atoms with Crippen LogP contribution < -0.4 is 5.32 Å². The Morgan fingerprint density at radius 3 is 2.86 bits per heavy atom. The number of fused-ring (bicyclic) bond motifs is 2. The molecule has 1 N–H and O–H groups in total. The van der Waals surface area contributed by atoms with Gasteiger partial charge in [0.1, 0.15) is 0 Å². The molecule has 2 aliphatic heterocycles. The van der Waals surface area contributed by atoms with Crippen LogP contribution in [0.2, 0.25) is 0 Å². The highest BCUT2D eigenvalue weighted by molar-refractivity contribution is 5.07. The summed E-state index contributed by atoms with van der Waals surface area (Å²) < 4.78 is 11.4. The number of nitrogens with one attached hydrogen (secondary N) is 1. The van der Waals surface area contributed by atoms with Gasteiger partial charge in [-0.2, -0.15) is 4.98 Å². The molecule has 2 saturated heterocycles. The molecule has 5 nitrogen and oxygen atoms in total. The zero-order valence-corrected chi connectivity index (χ0v) is 13.2. The zero-order chi connectivity index (χ0) is 14.7. The number of hydrogen-bond donors (Lipinski definition) is 1. The van der Waals surface area contributed by atoms with Crippen LogP contribution in [0.1, 0.15) is 70.0 Å². The van der Waals surface area contributed by atoms with Gasteiger partial charge in [-0.15, -0.1) is 0 Å². The van der Waals surface area contributed by atoms with Crippen LogP contribution in [0.15, 0.2) is 4.52 Å². The molecule has 1 aromatic rings. The van der Waals surface area contributed by atoms with Crippen molar-refractivity contribution in [1.82, 2.24) is 15.5 Å². The molecule has 2 aliphatic rings. The lowest BCUT2D eigenvalue weighted by Gasteiger charge is -2.15. The van der Waals surface area contributed by atoms with Gasteiger partial charge >= 0.3 is 0 Å². The van der Waals surface area contributed by atoms with E-state index in [0.717, 1.165) is 50.4 Å². The molecule has 21 heavy (non-hydrogen) atoms. The fourth-order valence-electron chi connectivity index (χ4n) is 3.60. The fraction of sp³-hybridized carbons (Fsp3) is 0.875. The third-order valence-corrected chi connectivity index (χ3v) is 4.66. The number of rotatable bonds is 8. The van der Waals surface area contributed by atoms with E-state index in [1.165, 1.54) is 12.8 Å². The normalized spacial score (nSPS) is 29.1. The molecule has 4 atom stereocenters. The lowest BCUT2D eigenvalue weighted by atomic mass is 9.89. The van der Waals surface area contributed by atoms with Gasteiger partial charge in [-0.25, -0.2) is 0 Å². The standard InChI is InChI=1S/C16H27N3O2/c1-3-5-11(17-8-4-2)9-15-18-16(19-21-15)13-10-12-6-7-14(13)20-12/h11-14,17H,3-10H2,1-2H3. The van der Waals surface area contributed by atoms with Crippen LogP contribution in [-0.2, 0) is 11.2 Å². The van der Waals surface area contributed by atoms with E-state index in [1.807, 2.05) is 0 Å². The molecule has 4 unspecified atom stereocenters. The molecule has 1 aromatic heterocycles. The van der Waals surface area contributed by atoms with E-state index in [4.69, 9.17) is 9.26 Å². The van der Waals surface area contributed by atoms with E-state index in [0.29, 0.717) is 24.2 Å². The van der Waals surface area contributed by atoms with Crippen molar-refractivity contribution in [3.05, 3.63) is 11.7 Å². The van der Waals surface area contributed by atoms with Crippen LogP contribution >= 0.6 is 0 Å². The highest BCUT2D eigenvalue weighted by atomic mass is 16.5. The van der Waals surface area contributed by atoms with E-state index in [9.17, 15) is 0 Å². The van der Waals surface area contributed by atoms with Crippen LogP contribution in [0.25, 0.3) is 0 Å². The molecule has 0 spiro atoms. The van der Waals surface area contributed by atoms with Gasteiger partial charge in [-0.05, 0) is 38.6 Å². The maximum absolute atomic E-state index is 5.89. The molecular weight excluding hydrogens is 266 g/mol. The molecule has 2 bridgehead atoms. The topological polar surface area (TPSA) is 60.2 Å². The van der Waals surface area contributed by atoms with Crippen LogP contribution in [0, 0.1) is 0 Å². The Bertz CT molecular complexity index is 448. The van der Waals surface area contributed by atoms with Crippen molar-refractivity contribution in [2.45, 2.75) is 83.0 Å². The van der Waals surface area contributed by atoms with Gasteiger partial charge in [0, 0.05) is 12.5 Å². The first-order chi connectivity index (χ1) is 10.3. The molecule has 0 aliphatic carbocycles. The Labute approximate surface area is 126 Å². The van der Waals surface area contributed by atoms with E-state index in [2.05, 4.69) is 29.3 Å². The van der Waals surface area contributed by atoms with Gasteiger partial charge in [0.05, 0.1) is 18.1 Å². The van der Waals surface area contributed by atoms with Crippen molar-refractivity contribution in [2.24, 2.45) is 0 Å². The van der Waals surface area contributed by atoms with Gasteiger partial charge in [0.2, 0.25) is 5.89 Å². The van der Waals surface area contributed by atoms with E-state index >= 15 is 0 Å². The van der Waals surface area contributed by atoms with Gasteiger partial charge < -0.3 is 14.6 Å². The minimum atomic E-state index is 0.324. The lowest BCUT2D eigenvalue weighted by Crippen LogP contribution is -2.31. The summed E-state index contributed by atoms with van der Waals surface area (Å²) in [4.78, 5) is 4.64. The lowest BCUT2D eigenvalue weighted by molar-refractivity contribution is 0.0996. The summed E-state index contributed by atoms with van der Waals surface area (Å²) in [6, 6.07) is 0.444. The summed E-state index contributed by atoms with van der Waals surface area (Å²) in [5, 5.41) is 7.79. The largest absolute Gasteiger partial charge is 0.374 e. The number of ether oxygens (including phenoxy) is 1. The quantitative estimate of drug-likeness (QED) is 0.798. The molecule has 118 valence electrons. The summed E-state index contributed by atoms with van der Waals surface area (Å²) in [6.07, 6.45) is 8.47. The summed E-state index contributed by atoms with van der Waals surface area (Å²) in [7, 11) is 0. The maximum Gasteiger partial charge on any atom is 0.228 e. The van der Waals surface area contributed by atoms with Gasteiger partial charge in [-0.3, -0.25) is 0 Å². The van der Waals surface area contributed by atoms with Gasteiger partial charge in [-0.1, -0.05) is 25.4 Å². The first-order valence-electron chi connectivity index (χ1n) is 8.51. The Morgan fingerprint density at radius 1 is 1.29 bits per heavy atom. The predicted molar refractivity (Wildman–Crippen MR) is 80.2 cm³/mol. The molecule has 3 heterocycles. The molecule has 0 saturated carbocycles. The van der Waals surface area contributed by atoms with Gasteiger partial charge in [0.15, 0.2) is 5.82 Å². The maximum atomic E-state index is 5.89. The van der Waals surface area contributed by atoms with E-state index < -0.39 is 0 Å². The Kier molecular flexibility index (Phi) is 4.91. The number of aromatic nitrogens is 2. The molecule has 0 aromatic carbocycles. The molecule has 3 rings (SSSR count). The summed E-state index contributed by atoms with van der Waals surface area (Å²) >= 11 is 0. The van der Waals surface area contributed by atoms with Crippen molar-refractivity contribution in [2.75, 3.05) is 6.54 Å². The van der Waals surface area contributed by atoms with E-state index in [1.54, 1.807) is 0 Å². The minimum absolute atomic E-state index is 0.324. The molecule has 2 fully saturated rings. The van der Waals surface area contributed by atoms with Crippen LogP contribution in [-0.4, -0.2) is 34.9 Å². The van der Waals surface area contributed by atoms with Crippen LogP contribution in [0.4, 0.5) is 0 Å². The summed E-state index contributed by atoms with van der Waals surface area (Å²) in [5.74, 6) is 1.99. The van der Waals surface area contributed by atoms with Crippen molar-refractivity contribution in [1.29, 1.82) is 0 Å². The highest BCUT2D eigenvalue weighted by Crippen LogP contribution is 2.43. The Morgan fingerprint density at radius 2 is 2.19 bits per heavy atom. The molecule has 5 heteroatoms. The molecule has 0 amide bonds. The second kappa shape index (κ2) is 6.88. The van der Waals surface area contributed by atoms with Crippen molar-refractivity contribution in [3.63, 3.8) is 0 Å². The highest BCUT2D eigenvalue weighted by Gasteiger charge is 2.43. The van der Waals surface area contributed by atoms with Gasteiger partial charge in [0.25, 0.3) is 0 Å². The monoisotopic (exact) mass is 293 g/mol. The van der Waals surface area contributed by atoms with Crippen molar-refractivity contribution < 1.29 is 9.26 Å². The molecule has 0 radical (unpaired) electrons. The average molecular weight is 293 g/mol. The third kappa shape index (κ3) is 3.46. The Hall–Kier alpha value is -0.940. The first kappa shape index (κ1) is 15.0.